The molecule has 1 heterocycles. The monoisotopic (exact) mass is 356 g/mol. The first-order valence-corrected chi connectivity index (χ1v) is 7.16. The van der Waals surface area contributed by atoms with Gasteiger partial charge in [-0.3, -0.25) is 14.6 Å². The predicted molar refractivity (Wildman–Crippen MR) is 85.9 cm³/mol. The van der Waals surface area contributed by atoms with Crippen molar-refractivity contribution in [1.29, 1.82) is 0 Å². The summed E-state index contributed by atoms with van der Waals surface area (Å²) in [5.41, 5.74) is 3.03. The smallest absolute Gasteiger partial charge is 0.326 e. The number of benzene rings is 1. The highest BCUT2D eigenvalue weighted by Gasteiger charge is 2.17. The number of aromatic amines is 2. The van der Waals surface area contributed by atoms with Gasteiger partial charge in [-0.25, -0.2) is 9.18 Å². The van der Waals surface area contributed by atoms with Crippen molar-refractivity contribution in [3.8, 4) is 5.75 Å². The zero-order valence-corrected chi connectivity index (χ0v) is 13.2. The van der Waals surface area contributed by atoms with E-state index in [1.54, 1.807) is 6.92 Å². The number of aromatic nitrogens is 2. The van der Waals surface area contributed by atoms with Gasteiger partial charge in [-0.05, 0) is 25.1 Å². The van der Waals surface area contributed by atoms with Crippen LogP contribution in [0, 0.1) is 5.82 Å². The number of halogens is 2. The number of carbonyl (C=O) groups excluding carboxylic acids is 1. The minimum atomic E-state index is -0.856. The Morgan fingerprint density at radius 1 is 1.42 bits per heavy atom. The van der Waals surface area contributed by atoms with E-state index in [1.807, 2.05) is 4.98 Å². The molecule has 0 aliphatic heterocycles. The van der Waals surface area contributed by atoms with Crippen LogP contribution in [0.5, 0.6) is 5.75 Å². The summed E-state index contributed by atoms with van der Waals surface area (Å²) in [6.45, 7) is 1.64. The summed E-state index contributed by atoms with van der Waals surface area (Å²) in [5, 5.41) is 2.60. The lowest BCUT2D eigenvalue weighted by molar-refractivity contribution is 0.0922. The molecule has 0 spiro atoms. The summed E-state index contributed by atoms with van der Waals surface area (Å²) < 4.78 is 18.3. The lowest BCUT2D eigenvalue weighted by atomic mass is 10.3. The summed E-state index contributed by atoms with van der Waals surface area (Å²) in [4.78, 5) is 38.7. The standard InChI is InChI=1S/C14H14ClFN4O4/c1-6(5-24-9-3-2-7(16)4-8(9)15)18-13(22)11-10(17)12(21)20-14(23)19-11/h2-4,6H,5,17H2,1H3,(H,18,22)(H2,19,20,21,23)/t6-/m1/s1. The number of nitrogens with two attached hydrogens (primary N) is 1. The number of amides is 1. The topological polar surface area (TPSA) is 130 Å². The first-order valence-electron chi connectivity index (χ1n) is 6.78. The molecular formula is C14H14ClFN4O4. The molecule has 8 nitrogen and oxygen atoms in total. The molecule has 128 valence electrons. The highest BCUT2D eigenvalue weighted by atomic mass is 35.5. The number of anilines is 1. The third-order valence-corrected chi connectivity index (χ3v) is 3.26. The minimum absolute atomic E-state index is 0.0183. The summed E-state index contributed by atoms with van der Waals surface area (Å²) in [5.74, 6) is -0.984. The van der Waals surface area contributed by atoms with Gasteiger partial charge in [0, 0.05) is 0 Å². The summed E-state index contributed by atoms with van der Waals surface area (Å²) in [6.07, 6.45) is 0. The zero-order valence-electron chi connectivity index (χ0n) is 12.5. The Morgan fingerprint density at radius 2 is 2.12 bits per heavy atom. The first-order chi connectivity index (χ1) is 11.3. The molecule has 0 radical (unpaired) electrons. The van der Waals surface area contributed by atoms with Crippen molar-refractivity contribution >= 4 is 23.2 Å². The van der Waals surface area contributed by atoms with E-state index < -0.39 is 34.7 Å². The van der Waals surface area contributed by atoms with E-state index in [0.717, 1.165) is 6.07 Å². The van der Waals surface area contributed by atoms with Crippen LogP contribution in [0.3, 0.4) is 0 Å². The number of H-pyrrole nitrogens is 2. The number of nitrogens with one attached hydrogen (secondary N) is 3. The van der Waals surface area contributed by atoms with Crippen molar-refractivity contribution in [1.82, 2.24) is 15.3 Å². The second-order valence-corrected chi connectivity index (χ2v) is 5.36. The molecule has 10 heteroatoms. The number of rotatable bonds is 5. The van der Waals surface area contributed by atoms with Crippen LogP contribution in [0.1, 0.15) is 17.4 Å². The Kier molecular flexibility index (Phi) is 5.24. The molecule has 2 aromatic rings. The molecule has 2 rings (SSSR count). The Bertz CT molecular complexity index is 880. The van der Waals surface area contributed by atoms with Crippen LogP contribution in [0.2, 0.25) is 5.02 Å². The lowest BCUT2D eigenvalue weighted by Crippen LogP contribution is -2.40. The Labute approximate surface area is 139 Å². The largest absolute Gasteiger partial charge is 0.490 e. The highest BCUT2D eigenvalue weighted by molar-refractivity contribution is 6.32. The van der Waals surface area contributed by atoms with E-state index in [2.05, 4.69) is 10.3 Å². The molecule has 1 atom stereocenters. The van der Waals surface area contributed by atoms with Gasteiger partial charge in [-0.1, -0.05) is 11.6 Å². The van der Waals surface area contributed by atoms with Gasteiger partial charge in [0.1, 0.15) is 29.6 Å². The molecule has 0 fully saturated rings. The fourth-order valence-electron chi connectivity index (χ4n) is 1.82. The van der Waals surface area contributed by atoms with Crippen LogP contribution in [-0.4, -0.2) is 28.5 Å². The zero-order chi connectivity index (χ0) is 17.9. The maximum absolute atomic E-state index is 12.9. The second-order valence-electron chi connectivity index (χ2n) is 4.96. The molecule has 0 saturated heterocycles. The van der Waals surface area contributed by atoms with Crippen molar-refractivity contribution in [3.63, 3.8) is 0 Å². The lowest BCUT2D eigenvalue weighted by Gasteiger charge is -2.16. The van der Waals surface area contributed by atoms with Gasteiger partial charge in [-0.15, -0.1) is 0 Å². The average Bonchev–Trinajstić information content (AvgIpc) is 2.49. The summed E-state index contributed by atoms with van der Waals surface area (Å²) >= 11 is 5.82. The van der Waals surface area contributed by atoms with E-state index >= 15 is 0 Å². The van der Waals surface area contributed by atoms with Crippen molar-refractivity contribution in [2.45, 2.75) is 13.0 Å². The number of ether oxygens (including phenoxy) is 1. The Balaban J connectivity index is 2.02. The van der Waals surface area contributed by atoms with Gasteiger partial charge in [0.15, 0.2) is 0 Å². The van der Waals surface area contributed by atoms with Gasteiger partial charge in [0.25, 0.3) is 11.5 Å². The Morgan fingerprint density at radius 3 is 2.79 bits per heavy atom. The number of carbonyl (C=O) groups is 1. The van der Waals surface area contributed by atoms with Crippen LogP contribution in [-0.2, 0) is 0 Å². The van der Waals surface area contributed by atoms with Gasteiger partial charge in [0.05, 0.1) is 11.1 Å². The van der Waals surface area contributed by atoms with Crippen LogP contribution in [0.4, 0.5) is 10.1 Å². The third-order valence-electron chi connectivity index (χ3n) is 2.97. The molecule has 24 heavy (non-hydrogen) atoms. The quantitative estimate of drug-likeness (QED) is 0.624. The van der Waals surface area contributed by atoms with Crippen LogP contribution >= 0.6 is 11.6 Å². The maximum atomic E-state index is 12.9. The van der Waals surface area contributed by atoms with Crippen LogP contribution in [0.25, 0.3) is 0 Å². The van der Waals surface area contributed by atoms with Crippen molar-refractivity contribution in [3.05, 3.63) is 55.6 Å². The fourth-order valence-corrected chi connectivity index (χ4v) is 2.04. The summed E-state index contributed by atoms with van der Waals surface area (Å²) in [7, 11) is 0. The number of hydrogen-bond acceptors (Lipinski definition) is 5. The van der Waals surface area contributed by atoms with Crippen LogP contribution in [0.15, 0.2) is 27.8 Å². The highest BCUT2D eigenvalue weighted by Crippen LogP contribution is 2.24. The van der Waals surface area contributed by atoms with Gasteiger partial charge in [-0.2, -0.15) is 0 Å². The maximum Gasteiger partial charge on any atom is 0.326 e. The second kappa shape index (κ2) is 7.18. The normalized spacial score (nSPS) is 11.8. The van der Waals surface area contributed by atoms with Crippen molar-refractivity contribution < 1.29 is 13.9 Å². The molecule has 0 aliphatic carbocycles. The number of nitrogen functional groups attached to an aromatic ring is 1. The molecule has 0 unspecified atom stereocenters. The molecule has 1 amide bonds. The Hall–Kier alpha value is -2.81. The van der Waals surface area contributed by atoms with Gasteiger partial charge in [0.2, 0.25) is 0 Å². The first kappa shape index (κ1) is 17.5. The number of hydrogen-bond donors (Lipinski definition) is 4. The molecule has 0 saturated carbocycles. The predicted octanol–water partition coefficient (Wildman–Crippen LogP) is 0.635. The third kappa shape index (κ3) is 4.13. The van der Waals surface area contributed by atoms with E-state index in [1.165, 1.54) is 12.1 Å². The van der Waals surface area contributed by atoms with Crippen molar-refractivity contribution in [2.75, 3.05) is 12.3 Å². The minimum Gasteiger partial charge on any atom is -0.490 e. The van der Waals surface area contributed by atoms with Gasteiger partial charge < -0.3 is 20.8 Å². The fraction of sp³-hybridized carbons (Fsp3) is 0.214. The molecule has 1 aromatic heterocycles. The average molecular weight is 357 g/mol. The van der Waals surface area contributed by atoms with E-state index in [4.69, 9.17) is 22.1 Å². The molecule has 0 bridgehead atoms. The van der Waals surface area contributed by atoms with Crippen LogP contribution < -0.4 is 27.0 Å². The van der Waals surface area contributed by atoms with Gasteiger partial charge >= 0.3 is 5.69 Å². The van der Waals surface area contributed by atoms with E-state index in [0.29, 0.717) is 0 Å². The SMILES string of the molecule is C[C@H](COc1ccc(F)cc1Cl)NC(=O)c1[nH]c(=O)[nH]c(=O)c1N. The molecule has 5 N–H and O–H groups in total. The van der Waals surface area contributed by atoms with Crippen molar-refractivity contribution in [2.24, 2.45) is 0 Å². The molecule has 1 aromatic carbocycles. The molecular weight excluding hydrogens is 343 g/mol. The van der Waals surface area contributed by atoms with E-state index in [9.17, 15) is 18.8 Å². The summed E-state index contributed by atoms with van der Waals surface area (Å²) in [6, 6.07) is 3.13. The molecule has 0 aliphatic rings. The van der Waals surface area contributed by atoms with E-state index in [-0.39, 0.29) is 23.1 Å².